The van der Waals surface area contributed by atoms with Gasteiger partial charge in [0, 0.05) is 6.04 Å². The molecule has 1 N–H and O–H groups in total. The Morgan fingerprint density at radius 1 is 1.33 bits per heavy atom. The van der Waals surface area contributed by atoms with Crippen LogP contribution in [0.15, 0.2) is 18.2 Å². The average Bonchev–Trinajstić information content (AvgIpc) is 2.52. The van der Waals surface area contributed by atoms with Crippen molar-refractivity contribution in [3.05, 3.63) is 29.3 Å². The van der Waals surface area contributed by atoms with Crippen molar-refractivity contribution in [3.63, 3.8) is 0 Å². The fourth-order valence-corrected chi connectivity index (χ4v) is 2.75. The van der Waals surface area contributed by atoms with Gasteiger partial charge in [-0.05, 0) is 62.9 Å². The topological polar surface area (TPSA) is 21.3 Å². The lowest BCUT2D eigenvalue weighted by molar-refractivity contribution is 0.242. The van der Waals surface area contributed by atoms with Gasteiger partial charge in [-0.3, -0.25) is 0 Å². The van der Waals surface area contributed by atoms with E-state index in [-0.39, 0.29) is 6.10 Å². The molecule has 1 aromatic carbocycles. The molecule has 0 saturated heterocycles. The van der Waals surface area contributed by atoms with Crippen LogP contribution in [0.5, 0.6) is 5.75 Å². The first kappa shape index (κ1) is 13.4. The minimum Gasteiger partial charge on any atom is -0.491 e. The Kier molecular flexibility index (Phi) is 4.65. The van der Waals surface area contributed by atoms with E-state index in [4.69, 9.17) is 4.74 Å². The van der Waals surface area contributed by atoms with Crippen LogP contribution in [0.3, 0.4) is 0 Å². The van der Waals surface area contributed by atoms with Gasteiger partial charge in [-0.25, -0.2) is 0 Å². The summed E-state index contributed by atoms with van der Waals surface area (Å²) in [7, 11) is 0. The molecule has 2 heteroatoms. The van der Waals surface area contributed by atoms with Crippen LogP contribution in [0.25, 0.3) is 0 Å². The third-order valence-electron chi connectivity index (χ3n) is 3.50. The number of aryl methyl sites for hydroxylation is 1. The number of ether oxygens (including phenoxy) is 1. The van der Waals surface area contributed by atoms with Crippen LogP contribution in [-0.4, -0.2) is 12.6 Å². The monoisotopic (exact) mass is 247 g/mol. The number of nitrogens with one attached hydrogen (secondary N) is 1. The van der Waals surface area contributed by atoms with Crippen molar-refractivity contribution in [2.24, 2.45) is 0 Å². The Morgan fingerprint density at radius 3 is 2.89 bits per heavy atom. The second-order valence-electron chi connectivity index (χ2n) is 5.38. The van der Waals surface area contributed by atoms with Crippen molar-refractivity contribution >= 4 is 0 Å². The molecule has 1 atom stereocenters. The summed E-state index contributed by atoms with van der Waals surface area (Å²) in [6.45, 7) is 7.36. The van der Waals surface area contributed by atoms with Crippen molar-refractivity contribution < 1.29 is 4.74 Å². The Morgan fingerprint density at radius 2 is 2.17 bits per heavy atom. The van der Waals surface area contributed by atoms with Gasteiger partial charge in [-0.15, -0.1) is 0 Å². The molecule has 0 fully saturated rings. The Hall–Kier alpha value is -1.02. The zero-order chi connectivity index (χ0) is 13.0. The molecule has 0 heterocycles. The van der Waals surface area contributed by atoms with E-state index in [1.165, 1.54) is 36.8 Å². The standard InChI is InChI=1S/C16H25NO/c1-4-17-16-8-6-5-7-13-9-10-14(11-15(13)16)18-12(2)3/h9-12,16-17H,4-8H2,1-3H3. The smallest absolute Gasteiger partial charge is 0.120 e. The molecule has 0 amide bonds. The summed E-state index contributed by atoms with van der Waals surface area (Å²) >= 11 is 0. The summed E-state index contributed by atoms with van der Waals surface area (Å²) in [4.78, 5) is 0. The maximum absolute atomic E-state index is 5.82. The number of fused-ring (bicyclic) bond motifs is 1. The van der Waals surface area contributed by atoms with Gasteiger partial charge in [0.15, 0.2) is 0 Å². The zero-order valence-electron chi connectivity index (χ0n) is 11.8. The van der Waals surface area contributed by atoms with Crippen LogP contribution < -0.4 is 10.1 Å². The lowest BCUT2D eigenvalue weighted by atomic mass is 9.98. The van der Waals surface area contributed by atoms with Gasteiger partial charge in [0.2, 0.25) is 0 Å². The summed E-state index contributed by atoms with van der Waals surface area (Å²) < 4.78 is 5.82. The Bertz CT molecular complexity index is 387. The van der Waals surface area contributed by atoms with E-state index in [2.05, 4.69) is 44.3 Å². The second kappa shape index (κ2) is 6.24. The van der Waals surface area contributed by atoms with E-state index in [0.717, 1.165) is 12.3 Å². The molecule has 2 rings (SSSR count). The van der Waals surface area contributed by atoms with Crippen LogP contribution >= 0.6 is 0 Å². The number of hydrogen-bond donors (Lipinski definition) is 1. The molecule has 18 heavy (non-hydrogen) atoms. The number of hydrogen-bond acceptors (Lipinski definition) is 2. The van der Waals surface area contributed by atoms with Gasteiger partial charge >= 0.3 is 0 Å². The van der Waals surface area contributed by atoms with Crippen molar-refractivity contribution in [1.82, 2.24) is 5.32 Å². The molecule has 1 aromatic rings. The summed E-state index contributed by atoms with van der Waals surface area (Å²) in [6, 6.07) is 7.12. The molecule has 0 bridgehead atoms. The van der Waals surface area contributed by atoms with Gasteiger partial charge in [0.05, 0.1) is 6.10 Å². The van der Waals surface area contributed by atoms with Crippen molar-refractivity contribution in [2.45, 2.75) is 58.6 Å². The molecule has 2 nitrogen and oxygen atoms in total. The molecule has 1 unspecified atom stereocenters. The molecule has 0 radical (unpaired) electrons. The molecule has 1 aliphatic rings. The zero-order valence-corrected chi connectivity index (χ0v) is 11.8. The first-order valence-electron chi connectivity index (χ1n) is 7.23. The van der Waals surface area contributed by atoms with Crippen LogP contribution in [0.1, 0.15) is 57.2 Å². The van der Waals surface area contributed by atoms with E-state index >= 15 is 0 Å². The van der Waals surface area contributed by atoms with E-state index in [9.17, 15) is 0 Å². The largest absolute Gasteiger partial charge is 0.491 e. The SMILES string of the molecule is CCNC1CCCCc2ccc(OC(C)C)cc21. The lowest BCUT2D eigenvalue weighted by Crippen LogP contribution is -2.21. The summed E-state index contributed by atoms with van der Waals surface area (Å²) in [6.07, 6.45) is 5.31. The molecule has 1 aliphatic carbocycles. The van der Waals surface area contributed by atoms with Gasteiger partial charge < -0.3 is 10.1 Å². The molecular formula is C16H25NO. The van der Waals surface area contributed by atoms with Gasteiger partial charge in [-0.2, -0.15) is 0 Å². The third kappa shape index (κ3) is 3.26. The van der Waals surface area contributed by atoms with E-state index < -0.39 is 0 Å². The molecular weight excluding hydrogens is 222 g/mol. The molecule has 0 saturated carbocycles. The second-order valence-corrected chi connectivity index (χ2v) is 5.38. The Balaban J connectivity index is 2.27. The molecule has 100 valence electrons. The maximum atomic E-state index is 5.82. The highest BCUT2D eigenvalue weighted by atomic mass is 16.5. The molecule has 0 aliphatic heterocycles. The summed E-state index contributed by atoms with van der Waals surface area (Å²) in [5, 5.41) is 3.61. The first-order valence-corrected chi connectivity index (χ1v) is 7.23. The van der Waals surface area contributed by atoms with Gasteiger partial charge in [-0.1, -0.05) is 19.4 Å². The van der Waals surface area contributed by atoms with Crippen LogP contribution in [0.2, 0.25) is 0 Å². The summed E-state index contributed by atoms with van der Waals surface area (Å²) in [5.74, 6) is 1.01. The fourth-order valence-electron chi connectivity index (χ4n) is 2.75. The maximum Gasteiger partial charge on any atom is 0.120 e. The average molecular weight is 247 g/mol. The highest BCUT2D eigenvalue weighted by Gasteiger charge is 2.18. The number of rotatable bonds is 4. The van der Waals surface area contributed by atoms with Gasteiger partial charge in [0.1, 0.15) is 5.75 Å². The van der Waals surface area contributed by atoms with E-state index in [0.29, 0.717) is 6.04 Å². The van der Waals surface area contributed by atoms with Crippen LogP contribution in [0.4, 0.5) is 0 Å². The number of benzene rings is 1. The quantitative estimate of drug-likeness (QED) is 0.816. The van der Waals surface area contributed by atoms with Crippen molar-refractivity contribution in [1.29, 1.82) is 0 Å². The summed E-state index contributed by atoms with van der Waals surface area (Å²) in [5.41, 5.74) is 2.95. The Labute approximate surface area is 111 Å². The molecule has 0 spiro atoms. The normalized spacial score (nSPS) is 19.4. The van der Waals surface area contributed by atoms with E-state index in [1.807, 2.05) is 0 Å². The highest BCUT2D eigenvalue weighted by Crippen LogP contribution is 2.31. The van der Waals surface area contributed by atoms with Crippen molar-refractivity contribution in [2.75, 3.05) is 6.54 Å². The highest BCUT2D eigenvalue weighted by molar-refractivity contribution is 5.38. The lowest BCUT2D eigenvalue weighted by Gasteiger charge is -2.20. The predicted octanol–water partition coefficient (Wildman–Crippen LogP) is 3.85. The van der Waals surface area contributed by atoms with Crippen LogP contribution in [-0.2, 0) is 6.42 Å². The fraction of sp³-hybridized carbons (Fsp3) is 0.625. The van der Waals surface area contributed by atoms with Crippen molar-refractivity contribution in [3.8, 4) is 5.75 Å². The molecule has 0 aromatic heterocycles. The first-order chi connectivity index (χ1) is 8.70. The minimum absolute atomic E-state index is 0.242. The van der Waals surface area contributed by atoms with Crippen LogP contribution in [0, 0.1) is 0 Å². The van der Waals surface area contributed by atoms with E-state index in [1.54, 1.807) is 0 Å². The minimum atomic E-state index is 0.242. The predicted molar refractivity (Wildman–Crippen MR) is 76.2 cm³/mol. The van der Waals surface area contributed by atoms with Gasteiger partial charge in [0.25, 0.3) is 0 Å². The third-order valence-corrected chi connectivity index (χ3v) is 3.50.